The second kappa shape index (κ2) is 14.0. The average Bonchev–Trinajstić information content (AvgIpc) is 3.30. The van der Waals surface area contributed by atoms with Crippen LogP contribution < -0.4 is 10.6 Å². The van der Waals surface area contributed by atoms with Crippen molar-refractivity contribution in [2.45, 2.75) is 90.5 Å². The minimum absolute atomic E-state index is 0.0452. The summed E-state index contributed by atoms with van der Waals surface area (Å²) in [5.41, 5.74) is 2.30. The molecule has 2 heterocycles. The topological polar surface area (TPSA) is 80.0 Å². The molecule has 2 aromatic rings. The Morgan fingerprint density at radius 3 is 2.56 bits per heavy atom. The van der Waals surface area contributed by atoms with Gasteiger partial charge in [0.15, 0.2) is 0 Å². The van der Waals surface area contributed by atoms with Crippen LogP contribution in [0, 0.1) is 5.92 Å². The second-order valence-electron chi connectivity index (χ2n) is 9.13. The molecule has 1 atom stereocenters. The molecule has 1 saturated heterocycles. The summed E-state index contributed by atoms with van der Waals surface area (Å²) in [4.78, 5) is 16.6. The van der Waals surface area contributed by atoms with E-state index in [1.807, 2.05) is 0 Å². The number of benzene rings is 1. The number of nitrogens with zero attached hydrogens (tertiary/aromatic N) is 2. The number of hydrogen-bond donors (Lipinski definition) is 2. The maximum Gasteiger partial charge on any atom is 0.246 e. The Labute approximate surface area is 192 Å². The Kier molecular flexibility index (Phi) is 10.7. The summed E-state index contributed by atoms with van der Waals surface area (Å²) >= 11 is 0. The summed E-state index contributed by atoms with van der Waals surface area (Å²) in [5, 5.41) is 10.3. The monoisotopic (exact) mass is 440 g/mol. The second-order valence-corrected chi connectivity index (χ2v) is 9.13. The lowest BCUT2D eigenvalue weighted by Gasteiger charge is -2.21. The molecule has 1 amide bonds. The zero-order chi connectivity index (χ0) is 22.4. The van der Waals surface area contributed by atoms with Crippen LogP contribution in [0.25, 0.3) is 11.4 Å². The van der Waals surface area contributed by atoms with Crippen molar-refractivity contribution in [3.8, 4) is 11.4 Å². The highest BCUT2D eigenvalue weighted by atomic mass is 16.5. The van der Waals surface area contributed by atoms with Crippen molar-refractivity contribution in [2.75, 3.05) is 13.1 Å². The van der Waals surface area contributed by atoms with Gasteiger partial charge in [-0.3, -0.25) is 4.79 Å². The number of unbranched alkanes of at least 4 members (excludes halogenated alkanes) is 7. The van der Waals surface area contributed by atoms with Gasteiger partial charge in [-0.2, -0.15) is 4.98 Å². The van der Waals surface area contributed by atoms with Gasteiger partial charge in [0.1, 0.15) is 0 Å². The number of carbonyl (C=O) groups excluding carboxylic acids is 1. The fraction of sp³-hybridized carbons (Fsp3) is 0.654. The van der Waals surface area contributed by atoms with E-state index in [1.165, 1.54) is 56.9 Å². The summed E-state index contributed by atoms with van der Waals surface area (Å²) in [6.45, 7) is 4.53. The van der Waals surface area contributed by atoms with Gasteiger partial charge in [-0.15, -0.1) is 0 Å². The highest BCUT2D eigenvalue weighted by Gasteiger charge is 2.17. The van der Waals surface area contributed by atoms with Gasteiger partial charge in [0.25, 0.3) is 0 Å². The molecule has 1 aromatic carbocycles. The van der Waals surface area contributed by atoms with Crippen LogP contribution in [0.15, 0.2) is 28.8 Å². The van der Waals surface area contributed by atoms with E-state index in [0.29, 0.717) is 24.1 Å². The molecule has 0 spiro atoms. The van der Waals surface area contributed by atoms with E-state index >= 15 is 0 Å². The third-order valence-corrected chi connectivity index (χ3v) is 6.31. The van der Waals surface area contributed by atoms with Crippen molar-refractivity contribution < 1.29 is 9.32 Å². The quantitative estimate of drug-likeness (QED) is 0.383. The Balaban J connectivity index is 1.34. The lowest BCUT2D eigenvalue weighted by molar-refractivity contribution is -0.122. The van der Waals surface area contributed by atoms with Gasteiger partial charge in [0, 0.05) is 12.0 Å². The predicted molar refractivity (Wildman–Crippen MR) is 128 cm³/mol. The number of amides is 1. The average molecular weight is 441 g/mol. The molecule has 3 rings (SSSR count). The maximum atomic E-state index is 12.2. The van der Waals surface area contributed by atoms with Crippen LogP contribution in [0.2, 0.25) is 0 Å². The first-order chi connectivity index (χ1) is 15.7. The fourth-order valence-corrected chi connectivity index (χ4v) is 4.33. The van der Waals surface area contributed by atoms with Gasteiger partial charge >= 0.3 is 0 Å². The SMILES string of the molecule is CCCCCCCCCCc1ccc(-c2noc(CNC(=O)C[C@@H]3CCCNC3)n2)cc1. The zero-order valence-electron chi connectivity index (χ0n) is 19.7. The lowest BCUT2D eigenvalue weighted by Crippen LogP contribution is -2.34. The van der Waals surface area contributed by atoms with Crippen LogP contribution in [0.5, 0.6) is 0 Å². The first-order valence-corrected chi connectivity index (χ1v) is 12.6. The van der Waals surface area contributed by atoms with Gasteiger partial charge in [-0.05, 0) is 50.3 Å². The molecule has 1 aliphatic rings. The van der Waals surface area contributed by atoms with E-state index in [-0.39, 0.29) is 12.5 Å². The van der Waals surface area contributed by atoms with Crippen molar-refractivity contribution in [1.29, 1.82) is 0 Å². The minimum atomic E-state index is 0.0452. The van der Waals surface area contributed by atoms with E-state index in [2.05, 4.69) is 52.0 Å². The molecular weight excluding hydrogens is 400 g/mol. The highest BCUT2D eigenvalue weighted by Crippen LogP contribution is 2.19. The molecule has 0 saturated carbocycles. The first-order valence-electron chi connectivity index (χ1n) is 12.6. The summed E-state index contributed by atoms with van der Waals surface area (Å²) in [5.74, 6) is 1.48. The van der Waals surface area contributed by atoms with E-state index in [0.717, 1.165) is 37.9 Å². The van der Waals surface area contributed by atoms with Gasteiger partial charge < -0.3 is 15.2 Å². The molecule has 1 aliphatic heterocycles. The summed E-state index contributed by atoms with van der Waals surface area (Å²) in [6, 6.07) is 8.44. The number of piperidine rings is 1. The van der Waals surface area contributed by atoms with E-state index in [4.69, 9.17) is 4.52 Å². The molecule has 6 nitrogen and oxygen atoms in total. The Morgan fingerprint density at radius 2 is 1.84 bits per heavy atom. The maximum absolute atomic E-state index is 12.2. The number of nitrogens with one attached hydrogen (secondary N) is 2. The minimum Gasteiger partial charge on any atom is -0.347 e. The summed E-state index contributed by atoms with van der Waals surface area (Å²) < 4.78 is 5.33. The molecule has 0 bridgehead atoms. The van der Waals surface area contributed by atoms with Gasteiger partial charge in [0.05, 0.1) is 6.54 Å². The standard InChI is InChI=1S/C26H40N4O2/c1-2-3-4-5-6-7-8-9-11-21-13-15-23(16-14-21)26-29-25(32-30-26)20-28-24(31)18-22-12-10-17-27-19-22/h13-16,22,27H,2-12,17-20H2,1H3,(H,28,31)/t22-/m0/s1. The fourth-order valence-electron chi connectivity index (χ4n) is 4.33. The van der Waals surface area contributed by atoms with E-state index < -0.39 is 0 Å². The molecule has 2 N–H and O–H groups in total. The van der Waals surface area contributed by atoms with Crippen LogP contribution >= 0.6 is 0 Å². The Morgan fingerprint density at radius 1 is 1.09 bits per heavy atom. The summed E-state index contributed by atoms with van der Waals surface area (Å²) in [6.07, 6.45) is 14.7. The van der Waals surface area contributed by atoms with Crippen LogP contribution in [0.3, 0.4) is 0 Å². The van der Waals surface area contributed by atoms with Crippen LogP contribution in [0.1, 0.15) is 89.0 Å². The van der Waals surface area contributed by atoms with E-state index in [1.54, 1.807) is 0 Å². The lowest BCUT2D eigenvalue weighted by atomic mass is 9.96. The largest absolute Gasteiger partial charge is 0.347 e. The third kappa shape index (κ3) is 8.73. The molecule has 1 fully saturated rings. The Hall–Kier alpha value is -2.21. The normalized spacial score (nSPS) is 16.2. The van der Waals surface area contributed by atoms with Gasteiger partial charge in [0.2, 0.25) is 17.6 Å². The van der Waals surface area contributed by atoms with E-state index in [9.17, 15) is 4.79 Å². The molecule has 176 valence electrons. The number of hydrogen-bond acceptors (Lipinski definition) is 5. The van der Waals surface area contributed by atoms with Crippen molar-refractivity contribution in [3.05, 3.63) is 35.7 Å². The van der Waals surface area contributed by atoms with Crippen molar-refractivity contribution in [2.24, 2.45) is 5.92 Å². The number of rotatable bonds is 14. The van der Waals surface area contributed by atoms with Crippen LogP contribution in [-0.2, 0) is 17.8 Å². The highest BCUT2D eigenvalue weighted by molar-refractivity contribution is 5.76. The zero-order valence-corrected chi connectivity index (χ0v) is 19.7. The first kappa shape index (κ1) is 24.4. The number of aromatic nitrogens is 2. The third-order valence-electron chi connectivity index (χ3n) is 6.31. The van der Waals surface area contributed by atoms with Crippen molar-refractivity contribution in [3.63, 3.8) is 0 Å². The Bertz CT molecular complexity index is 781. The molecule has 6 heteroatoms. The number of carbonyl (C=O) groups is 1. The molecule has 0 aliphatic carbocycles. The van der Waals surface area contributed by atoms with Crippen molar-refractivity contribution >= 4 is 5.91 Å². The van der Waals surface area contributed by atoms with Crippen LogP contribution in [0.4, 0.5) is 0 Å². The molecule has 1 aromatic heterocycles. The molecule has 32 heavy (non-hydrogen) atoms. The van der Waals surface area contributed by atoms with Crippen LogP contribution in [-0.4, -0.2) is 29.1 Å². The van der Waals surface area contributed by atoms with Gasteiger partial charge in [-0.1, -0.05) is 81.3 Å². The predicted octanol–water partition coefficient (Wildman–Crippen LogP) is 5.43. The van der Waals surface area contributed by atoms with Crippen molar-refractivity contribution in [1.82, 2.24) is 20.8 Å². The molecule has 0 unspecified atom stereocenters. The molecule has 0 radical (unpaired) electrons. The van der Waals surface area contributed by atoms with Gasteiger partial charge in [-0.25, -0.2) is 0 Å². The number of aryl methyl sites for hydroxylation is 1. The summed E-state index contributed by atoms with van der Waals surface area (Å²) in [7, 11) is 0. The molecular formula is C26H40N4O2. The smallest absolute Gasteiger partial charge is 0.246 e.